The van der Waals surface area contributed by atoms with Gasteiger partial charge in [-0.15, -0.1) is 0 Å². The molecule has 2 nitrogen and oxygen atoms in total. The van der Waals surface area contributed by atoms with Crippen LogP contribution in [-0.2, 0) is 0 Å². The average Bonchev–Trinajstić information content (AvgIpc) is 2.28. The van der Waals surface area contributed by atoms with Crippen LogP contribution in [0.15, 0.2) is 24.3 Å². The zero-order valence-corrected chi connectivity index (χ0v) is 9.72. The van der Waals surface area contributed by atoms with Crippen LogP contribution in [0.5, 0.6) is 0 Å². The van der Waals surface area contributed by atoms with Gasteiger partial charge in [0, 0.05) is 12.2 Å². The lowest BCUT2D eigenvalue weighted by atomic mass is 9.94. The van der Waals surface area contributed by atoms with Crippen LogP contribution >= 0.6 is 0 Å². The Kier molecular flexibility index (Phi) is 3.44. The highest BCUT2D eigenvalue weighted by molar-refractivity contribution is 5.45. The predicted molar refractivity (Wildman–Crippen MR) is 65.6 cm³/mol. The van der Waals surface area contributed by atoms with Crippen molar-refractivity contribution in [1.29, 1.82) is 0 Å². The summed E-state index contributed by atoms with van der Waals surface area (Å²) in [6.07, 6.45) is 1.21. The summed E-state index contributed by atoms with van der Waals surface area (Å²) in [5.74, 6) is 0. The number of aryl methyl sites for hydroxylation is 1. The second-order valence-corrected chi connectivity index (χ2v) is 4.62. The average molecular weight is 222 g/mol. The molecule has 1 heterocycles. The number of hydrogen-bond donors (Lipinski definition) is 2. The van der Waals surface area contributed by atoms with E-state index < -0.39 is 5.67 Å². The molecule has 88 valence electrons. The van der Waals surface area contributed by atoms with E-state index >= 15 is 0 Å². The van der Waals surface area contributed by atoms with Crippen LogP contribution in [0.4, 0.5) is 10.1 Å². The topological polar surface area (TPSA) is 24.1 Å². The molecule has 0 aliphatic carbocycles. The van der Waals surface area contributed by atoms with Crippen molar-refractivity contribution in [3.63, 3.8) is 0 Å². The van der Waals surface area contributed by atoms with Crippen molar-refractivity contribution in [1.82, 2.24) is 5.32 Å². The summed E-state index contributed by atoms with van der Waals surface area (Å²) in [4.78, 5) is 0. The molecule has 0 amide bonds. The van der Waals surface area contributed by atoms with Crippen molar-refractivity contribution in [2.75, 3.05) is 25.0 Å². The third-order valence-corrected chi connectivity index (χ3v) is 3.13. The lowest BCUT2D eigenvalue weighted by Gasteiger charge is -2.30. The van der Waals surface area contributed by atoms with E-state index in [0.717, 1.165) is 18.8 Å². The summed E-state index contributed by atoms with van der Waals surface area (Å²) in [7, 11) is 0. The lowest BCUT2D eigenvalue weighted by Crippen LogP contribution is -2.43. The standard InChI is InChI=1S/C13H19FN2/c1-11-3-2-4-12(9-11)16-10-13(14)5-7-15-8-6-13/h2-4,9,15-16H,5-8,10H2,1H3. The van der Waals surface area contributed by atoms with E-state index in [9.17, 15) is 4.39 Å². The van der Waals surface area contributed by atoms with Gasteiger partial charge in [0.15, 0.2) is 0 Å². The minimum Gasteiger partial charge on any atom is -0.382 e. The van der Waals surface area contributed by atoms with Crippen molar-refractivity contribution >= 4 is 5.69 Å². The van der Waals surface area contributed by atoms with Gasteiger partial charge in [0.05, 0.1) is 0 Å². The van der Waals surface area contributed by atoms with Gasteiger partial charge in [0.25, 0.3) is 0 Å². The highest BCUT2D eigenvalue weighted by Crippen LogP contribution is 2.23. The molecule has 3 heteroatoms. The van der Waals surface area contributed by atoms with Crippen LogP contribution in [0, 0.1) is 6.92 Å². The molecular formula is C13H19FN2. The summed E-state index contributed by atoms with van der Waals surface area (Å²) in [6.45, 7) is 4.02. The molecule has 0 aromatic heterocycles. The molecule has 0 bridgehead atoms. The molecule has 0 radical (unpaired) electrons. The van der Waals surface area contributed by atoms with E-state index in [1.54, 1.807) is 0 Å². The van der Waals surface area contributed by atoms with Gasteiger partial charge >= 0.3 is 0 Å². The van der Waals surface area contributed by atoms with Gasteiger partial charge in [0.1, 0.15) is 5.67 Å². The molecule has 16 heavy (non-hydrogen) atoms. The number of piperidine rings is 1. The SMILES string of the molecule is Cc1cccc(NCC2(F)CCNCC2)c1. The second-order valence-electron chi connectivity index (χ2n) is 4.62. The Labute approximate surface area is 96.2 Å². The number of nitrogens with one attached hydrogen (secondary N) is 2. The Morgan fingerprint density at radius 3 is 2.81 bits per heavy atom. The first kappa shape index (κ1) is 11.4. The molecule has 0 saturated carbocycles. The normalized spacial score (nSPS) is 19.4. The van der Waals surface area contributed by atoms with Gasteiger partial charge in [-0.25, -0.2) is 4.39 Å². The Hall–Kier alpha value is -1.09. The van der Waals surface area contributed by atoms with E-state index in [0.29, 0.717) is 19.4 Å². The fourth-order valence-electron chi connectivity index (χ4n) is 2.07. The molecule has 2 N–H and O–H groups in total. The van der Waals surface area contributed by atoms with Crippen LogP contribution in [0.2, 0.25) is 0 Å². The predicted octanol–water partition coefficient (Wildman–Crippen LogP) is 2.50. The largest absolute Gasteiger partial charge is 0.382 e. The number of alkyl halides is 1. The Morgan fingerprint density at radius 2 is 2.12 bits per heavy atom. The van der Waals surface area contributed by atoms with Crippen LogP contribution in [0.3, 0.4) is 0 Å². The van der Waals surface area contributed by atoms with E-state index in [4.69, 9.17) is 0 Å². The van der Waals surface area contributed by atoms with Crippen LogP contribution in [0.25, 0.3) is 0 Å². The molecule has 2 rings (SSSR count). The monoisotopic (exact) mass is 222 g/mol. The summed E-state index contributed by atoms with van der Waals surface area (Å²) in [5.41, 5.74) is 1.16. The lowest BCUT2D eigenvalue weighted by molar-refractivity contribution is 0.131. The molecule has 1 aromatic rings. The van der Waals surface area contributed by atoms with E-state index in [1.165, 1.54) is 5.56 Å². The zero-order chi connectivity index (χ0) is 11.4. The van der Waals surface area contributed by atoms with Crippen LogP contribution < -0.4 is 10.6 Å². The van der Waals surface area contributed by atoms with Gasteiger partial charge in [-0.2, -0.15) is 0 Å². The van der Waals surface area contributed by atoms with Gasteiger partial charge in [0.2, 0.25) is 0 Å². The summed E-state index contributed by atoms with van der Waals surface area (Å²) in [5, 5.41) is 6.37. The van der Waals surface area contributed by atoms with Gasteiger partial charge in [-0.1, -0.05) is 12.1 Å². The molecule has 1 aliphatic rings. The minimum atomic E-state index is -1.05. The summed E-state index contributed by atoms with van der Waals surface area (Å²) >= 11 is 0. The maximum absolute atomic E-state index is 14.3. The molecule has 0 atom stereocenters. The zero-order valence-electron chi connectivity index (χ0n) is 9.72. The quantitative estimate of drug-likeness (QED) is 0.821. The fraction of sp³-hybridized carbons (Fsp3) is 0.538. The van der Waals surface area contributed by atoms with Crippen LogP contribution in [0.1, 0.15) is 18.4 Å². The van der Waals surface area contributed by atoms with E-state index in [-0.39, 0.29) is 0 Å². The maximum atomic E-state index is 14.3. The number of halogens is 1. The number of anilines is 1. The van der Waals surface area contributed by atoms with Crippen molar-refractivity contribution in [2.45, 2.75) is 25.4 Å². The second kappa shape index (κ2) is 4.83. The third-order valence-electron chi connectivity index (χ3n) is 3.13. The highest BCUT2D eigenvalue weighted by Gasteiger charge is 2.31. The first-order chi connectivity index (χ1) is 7.68. The highest BCUT2D eigenvalue weighted by atomic mass is 19.1. The Bertz CT molecular complexity index is 346. The van der Waals surface area contributed by atoms with Crippen molar-refractivity contribution < 1.29 is 4.39 Å². The van der Waals surface area contributed by atoms with Crippen LogP contribution in [-0.4, -0.2) is 25.3 Å². The van der Waals surface area contributed by atoms with E-state index in [2.05, 4.69) is 10.6 Å². The molecule has 1 fully saturated rings. The molecule has 0 spiro atoms. The van der Waals surface area contributed by atoms with Crippen molar-refractivity contribution in [3.05, 3.63) is 29.8 Å². The molecular weight excluding hydrogens is 203 g/mol. The summed E-state index contributed by atoms with van der Waals surface area (Å²) in [6, 6.07) is 8.06. The van der Waals surface area contributed by atoms with Gasteiger partial charge in [-0.3, -0.25) is 0 Å². The number of rotatable bonds is 3. The van der Waals surface area contributed by atoms with E-state index in [1.807, 2.05) is 31.2 Å². The molecule has 0 unspecified atom stereocenters. The molecule has 1 saturated heterocycles. The van der Waals surface area contributed by atoms with Crippen molar-refractivity contribution in [2.24, 2.45) is 0 Å². The van der Waals surface area contributed by atoms with Crippen molar-refractivity contribution in [3.8, 4) is 0 Å². The fourth-order valence-corrected chi connectivity index (χ4v) is 2.07. The first-order valence-corrected chi connectivity index (χ1v) is 5.88. The number of hydrogen-bond acceptors (Lipinski definition) is 2. The smallest absolute Gasteiger partial charge is 0.130 e. The summed E-state index contributed by atoms with van der Waals surface area (Å²) < 4.78 is 14.3. The van der Waals surface area contributed by atoms with Gasteiger partial charge in [-0.05, 0) is 50.6 Å². The molecule has 1 aliphatic heterocycles. The first-order valence-electron chi connectivity index (χ1n) is 5.88. The molecule has 1 aromatic carbocycles. The Balaban J connectivity index is 1.91. The number of benzene rings is 1. The third kappa shape index (κ3) is 2.95. The Morgan fingerprint density at radius 1 is 1.38 bits per heavy atom. The van der Waals surface area contributed by atoms with Gasteiger partial charge < -0.3 is 10.6 Å². The minimum absolute atomic E-state index is 0.415. The maximum Gasteiger partial charge on any atom is 0.130 e.